The fourth-order valence-electron chi connectivity index (χ4n) is 3.82. The van der Waals surface area contributed by atoms with Gasteiger partial charge in [0.2, 0.25) is 0 Å². The van der Waals surface area contributed by atoms with Crippen molar-refractivity contribution in [2.24, 2.45) is 4.40 Å². The number of unbranched alkanes of at least 4 members (excludes halogenated alkanes) is 4. The highest BCUT2D eigenvalue weighted by atomic mass is 32.2. The third-order valence-corrected chi connectivity index (χ3v) is 8.25. The van der Waals surface area contributed by atoms with Crippen molar-refractivity contribution >= 4 is 38.9 Å². The van der Waals surface area contributed by atoms with Crippen LogP contribution in [0, 0.1) is 0 Å². The minimum absolute atomic E-state index is 0.0708. The van der Waals surface area contributed by atoms with Crippen molar-refractivity contribution in [1.29, 1.82) is 0 Å². The molecule has 1 saturated heterocycles. The molecule has 1 heterocycles. The van der Waals surface area contributed by atoms with Gasteiger partial charge in [0.25, 0.3) is 15.9 Å². The van der Waals surface area contributed by atoms with Crippen LogP contribution < -0.4 is 9.47 Å². The van der Waals surface area contributed by atoms with Crippen molar-refractivity contribution in [3.8, 4) is 11.5 Å². The van der Waals surface area contributed by atoms with Crippen LogP contribution in [0.2, 0.25) is 0 Å². The first-order valence-corrected chi connectivity index (χ1v) is 15.1. The number of sulfonamides is 1. The van der Waals surface area contributed by atoms with Crippen LogP contribution in [0.4, 0.5) is 0 Å². The Kier molecular flexibility index (Phi) is 11.7. The van der Waals surface area contributed by atoms with Gasteiger partial charge < -0.3 is 14.2 Å². The number of hydrogen-bond acceptors (Lipinski definition) is 7. The average Bonchev–Trinajstić information content (AvgIpc) is 3.19. The van der Waals surface area contributed by atoms with Gasteiger partial charge in [-0.05, 0) is 60.5 Å². The lowest BCUT2D eigenvalue weighted by Crippen LogP contribution is -2.31. The second kappa shape index (κ2) is 14.9. The molecule has 0 spiro atoms. The van der Waals surface area contributed by atoms with Crippen molar-refractivity contribution < 1.29 is 27.4 Å². The van der Waals surface area contributed by atoms with Crippen molar-refractivity contribution in [1.82, 2.24) is 4.90 Å². The number of carbonyl (C=O) groups is 1. The Bertz CT molecular complexity index is 1230. The van der Waals surface area contributed by atoms with E-state index in [1.54, 1.807) is 44.6 Å². The van der Waals surface area contributed by atoms with E-state index in [0.29, 0.717) is 36.0 Å². The first-order chi connectivity index (χ1) is 18.4. The molecule has 0 aromatic heterocycles. The minimum atomic E-state index is -3.98. The van der Waals surface area contributed by atoms with Crippen LogP contribution in [0.15, 0.2) is 62.7 Å². The second-order valence-corrected chi connectivity index (χ2v) is 11.4. The highest BCUT2D eigenvalue weighted by Crippen LogP contribution is 2.36. The Morgan fingerprint density at radius 3 is 2.42 bits per heavy atom. The van der Waals surface area contributed by atoms with E-state index in [1.807, 2.05) is 12.1 Å². The molecule has 1 amide bonds. The molecule has 0 N–H and O–H groups in total. The van der Waals surface area contributed by atoms with E-state index in [1.165, 1.54) is 36.3 Å². The molecule has 8 nitrogen and oxygen atoms in total. The highest BCUT2D eigenvalue weighted by Gasteiger charge is 2.34. The largest absolute Gasteiger partial charge is 0.493 e. The molecular formula is C28H36N2O6S2. The van der Waals surface area contributed by atoms with E-state index in [-0.39, 0.29) is 22.5 Å². The van der Waals surface area contributed by atoms with Crippen LogP contribution >= 0.6 is 11.8 Å². The Labute approximate surface area is 230 Å². The first-order valence-electron chi connectivity index (χ1n) is 12.8. The summed E-state index contributed by atoms with van der Waals surface area (Å²) in [7, 11) is -0.816. The maximum atomic E-state index is 13.3. The zero-order chi connectivity index (χ0) is 27.4. The van der Waals surface area contributed by atoms with Crippen molar-refractivity contribution in [2.75, 3.05) is 34.0 Å². The fourth-order valence-corrected chi connectivity index (χ4v) is 6.05. The summed E-state index contributed by atoms with van der Waals surface area (Å²) in [6, 6.07) is 13.4. The Morgan fingerprint density at radius 1 is 0.947 bits per heavy atom. The van der Waals surface area contributed by atoms with Crippen molar-refractivity contribution in [3.05, 3.63) is 59.0 Å². The van der Waals surface area contributed by atoms with Gasteiger partial charge in [-0.3, -0.25) is 9.69 Å². The minimum Gasteiger partial charge on any atom is -0.493 e. The molecule has 10 heteroatoms. The van der Waals surface area contributed by atoms with Crippen molar-refractivity contribution in [3.63, 3.8) is 0 Å². The number of amides is 1. The Morgan fingerprint density at radius 2 is 1.71 bits per heavy atom. The number of nitrogens with zero attached hydrogens (tertiary/aromatic N) is 2. The lowest BCUT2D eigenvalue weighted by Gasteiger charge is -2.15. The topological polar surface area (TPSA) is 94.5 Å². The summed E-state index contributed by atoms with van der Waals surface area (Å²) in [5, 5.41) is 0.123. The van der Waals surface area contributed by atoms with Crippen LogP contribution in [0.1, 0.15) is 51.0 Å². The van der Waals surface area contributed by atoms with E-state index in [9.17, 15) is 13.2 Å². The van der Waals surface area contributed by atoms with Gasteiger partial charge in [0.15, 0.2) is 16.7 Å². The standard InChI is InChI=1S/C28H36N2O6S2/c1-4-5-6-7-11-19-36-25-20-22(15-16-24(25)35-3)21-26-27(31)30(17-12-18-34-2)28(37-26)29-38(32,33)23-13-9-8-10-14-23/h8-10,13-16,20-21H,4-7,11-12,17-19H2,1-3H3. The number of hydrogen-bond donors (Lipinski definition) is 0. The fraction of sp³-hybridized carbons (Fsp3) is 0.429. The molecular weight excluding hydrogens is 524 g/mol. The van der Waals surface area contributed by atoms with Crippen LogP contribution in [-0.2, 0) is 19.6 Å². The Hall–Kier alpha value is -2.82. The normalized spacial score (nSPS) is 16.0. The maximum absolute atomic E-state index is 13.3. The van der Waals surface area contributed by atoms with Gasteiger partial charge >= 0.3 is 0 Å². The summed E-state index contributed by atoms with van der Waals surface area (Å²) in [5.41, 5.74) is 0.742. The van der Waals surface area contributed by atoms with Gasteiger partial charge in [0.1, 0.15) is 0 Å². The number of ether oxygens (including phenoxy) is 3. The van der Waals surface area contributed by atoms with E-state index in [4.69, 9.17) is 14.2 Å². The summed E-state index contributed by atoms with van der Waals surface area (Å²) >= 11 is 1.04. The summed E-state index contributed by atoms with van der Waals surface area (Å²) in [4.78, 5) is 15.1. The predicted octanol–water partition coefficient (Wildman–Crippen LogP) is 5.74. The SMILES string of the molecule is CCCCCCCOc1cc(C=C2SC(=NS(=O)(=O)c3ccccc3)N(CCCOC)C2=O)ccc1OC. The molecule has 3 rings (SSSR count). The molecule has 0 aliphatic carbocycles. The second-order valence-electron chi connectivity index (χ2n) is 8.75. The van der Waals surface area contributed by atoms with E-state index < -0.39 is 10.0 Å². The lowest BCUT2D eigenvalue weighted by molar-refractivity contribution is -0.122. The highest BCUT2D eigenvalue weighted by molar-refractivity contribution is 8.19. The molecule has 1 aliphatic rings. The molecule has 38 heavy (non-hydrogen) atoms. The number of carbonyl (C=O) groups excluding carboxylic acids is 1. The zero-order valence-electron chi connectivity index (χ0n) is 22.2. The van der Waals surface area contributed by atoms with Gasteiger partial charge in [-0.2, -0.15) is 8.42 Å². The third-order valence-electron chi connectivity index (χ3n) is 5.85. The average molecular weight is 561 g/mol. The van der Waals surface area contributed by atoms with Gasteiger partial charge in [0, 0.05) is 20.3 Å². The first kappa shape index (κ1) is 29.7. The number of benzene rings is 2. The third kappa shape index (κ3) is 8.34. The molecule has 206 valence electrons. The van der Waals surface area contributed by atoms with E-state index in [0.717, 1.165) is 30.2 Å². The van der Waals surface area contributed by atoms with Crippen molar-refractivity contribution in [2.45, 2.75) is 50.3 Å². The van der Waals surface area contributed by atoms with Gasteiger partial charge in [0.05, 0.1) is 23.5 Å². The zero-order valence-corrected chi connectivity index (χ0v) is 23.9. The molecule has 1 aliphatic heterocycles. The molecule has 0 bridgehead atoms. The van der Waals surface area contributed by atoms with Gasteiger partial charge in [-0.25, -0.2) is 0 Å². The van der Waals surface area contributed by atoms with Crippen LogP contribution in [-0.4, -0.2) is 58.4 Å². The molecule has 0 unspecified atom stereocenters. The van der Waals surface area contributed by atoms with Crippen LogP contribution in [0.3, 0.4) is 0 Å². The lowest BCUT2D eigenvalue weighted by atomic mass is 10.1. The summed E-state index contributed by atoms with van der Waals surface area (Å²) in [6.45, 7) is 3.48. The summed E-state index contributed by atoms with van der Waals surface area (Å²) < 4.78 is 46.4. The van der Waals surface area contributed by atoms with Gasteiger partial charge in [-0.15, -0.1) is 4.40 Å². The predicted molar refractivity (Wildman–Crippen MR) is 152 cm³/mol. The quantitative estimate of drug-likeness (QED) is 0.202. The monoisotopic (exact) mass is 560 g/mol. The maximum Gasteiger partial charge on any atom is 0.284 e. The molecule has 0 radical (unpaired) electrons. The molecule has 0 saturated carbocycles. The molecule has 1 fully saturated rings. The number of amidine groups is 1. The molecule has 2 aromatic rings. The molecule has 2 aromatic carbocycles. The number of rotatable bonds is 15. The molecule has 0 atom stereocenters. The van der Waals surface area contributed by atoms with Crippen LogP contribution in [0.5, 0.6) is 11.5 Å². The smallest absolute Gasteiger partial charge is 0.284 e. The number of thioether (sulfide) groups is 1. The van der Waals surface area contributed by atoms with Gasteiger partial charge in [-0.1, -0.05) is 56.9 Å². The number of methoxy groups -OCH3 is 2. The van der Waals surface area contributed by atoms with E-state index in [2.05, 4.69) is 11.3 Å². The van der Waals surface area contributed by atoms with E-state index >= 15 is 0 Å². The van der Waals surface area contributed by atoms with Crippen LogP contribution in [0.25, 0.3) is 6.08 Å². The Balaban J connectivity index is 1.84. The summed E-state index contributed by atoms with van der Waals surface area (Å²) in [6.07, 6.45) is 7.93. The summed E-state index contributed by atoms with van der Waals surface area (Å²) in [5.74, 6) is 0.913.